The van der Waals surface area contributed by atoms with Crippen molar-refractivity contribution in [2.45, 2.75) is 20.8 Å². The molecule has 2 aromatic rings. The molecule has 0 atom stereocenters. The molecule has 0 saturated carbocycles. The van der Waals surface area contributed by atoms with Crippen LogP contribution in [0.15, 0.2) is 11.4 Å². The first-order valence-electron chi connectivity index (χ1n) is 5.13. The second-order valence-corrected chi connectivity index (χ2v) is 5.61. The summed E-state index contributed by atoms with van der Waals surface area (Å²) in [6.45, 7) is 5.39. The van der Waals surface area contributed by atoms with Crippen molar-refractivity contribution >= 4 is 33.4 Å². The largest absolute Gasteiger partial charge is 0.493 e. The number of aromatic nitrogens is 2. The summed E-state index contributed by atoms with van der Waals surface area (Å²) >= 11 is 1.39. The molecule has 0 aliphatic rings. The van der Waals surface area contributed by atoms with Gasteiger partial charge < -0.3 is 5.11 Å². The van der Waals surface area contributed by atoms with Crippen LogP contribution in [-0.4, -0.2) is 21.0 Å². The molecule has 2 aromatic heterocycles. The Hall–Kier alpha value is -1.69. The number of nitrogens with zero attached hydrogens (tertiary/aromatic N) is 2. The number of hydrogen-bond acceptors (Lipinski definition) is 5. The van der Waals surface area contributed by atoms with Gasteiger partial charge in [-0.15, -0.1) is 11.3 Å². The molecule has 0 spiro atoms. The molecule has 0 radical (unpaired) electrons. The quantitative estimate of drug-likeness (QED) is 0.816. The van der Waals surface area contributed by atoms with Crippen LogP contribution in [0.3, 0.4) is 0 Å². The molecular formula is C11H13N3O2S. The smallest absolute Gasteiger partial charge is 0.234 e. The van der Waals surface area contributed by atoms with Crippen molar-refractivity contribution in [1.82, 2.24) is 9.97 Å². The minimum Gasteiger partial charge on any atom is -0.493 e. The van der Waals surface area contributed by atoms with Crippen molar-refractivity contribution in [2.24, 2.45) is 5.41 Å². The first-order valence-corrected chi connectivity index (χ1v) is 6.01. The van der Waals surface area contributed by atoms with Gasteiger partial charge in [0, 0.05) is 5.41 Å². The van der Waals surface area contributed by atoms with Crippen molar-refractivity contribution in [3.63, 3.8) is 0 Å². The van der Waals surface area contributed by atoms with E-state index in [0.717, 1.165) is 0 Å². The Bertz CT molecular complexity index is 572. The van der Waals surface area contributed by atoms with Crippen LogP contribution < -0.4 is 5.32 Å². The molecule has 2 rings (SSSR count). The van der Waals surface area contributed by atoms with Crippen LogP contribution in [0, 0.1) is 5.41 Å². The molecule has 17 heavy (non-hydrogen) atoms. The summed E-state index contributed by atoms with van der Waals surface area (Å²) in [6, 6.07) is 1.74. The highest BCUT2D eigenvalue weighted by molar-refractivity contribution is 7.16. The third-order valence-corrected chi connectivity index (χ3v) is 3.02. The standard InChI is InChI=1S/C11H13N3O2S/c1-11(2,3)9(16)14-10-12-7(15)6-4-5-17-8(6)13-10/h4-5H,1-3H3,(H2,12,13,14,15,16). The van der Waals surface area contributed by atoms with Crippen LogP contribution in [0.25, 0.3) is 10.2 Å². The molecule has 0 aliphatic carbocycles. The highest BCUT2D eigenvalue weighted by Gasteiger charge is 2.22. The maximum atomic E-state index is 11.8. The number of anilines is 1. The molecule has 0 fully saturated rings. The topological polar surface area (TPSA) is 75.1 Å². The van der Waals surface area contributed by atoms with E-state index in [1.165, 1.54) is 11.3 Å². The Labute approximate surface area is 103 Å². The maximum absolute atomic E-state index is 11.8. The number of aromatic hydroxyl groups is 1. The fraction of sp³-hybridized carbons (Fsp3) is 0.364. The number of carbonyl (C=O) groups is 1. The second-order valence-electron chi connectivity index (χ2n) is 4.71. The van der Waals surface area contributed by atoms with Crippen molar-refractivity contribution in [3.8, 4) is 5.88 Å². The minimum absolute atomic E-state index is 0.111. The molecule has 2 heterocycles. The van der Waals surface area contributed by atoms with E-state index in [2.05, 4.69) is 15.3 Å². The molecule has 90 valence electrons. The van der Waals surface area contributed by atoms with Crippen LogP contribution in [-0.2, 0) is 4.79 Å². The van der Waals surface area contributed by atoms with E-state index in [9.17, 15) is 9.90 Å². The van der Waals surface area contributed by atoms with Crippen LogP contribution in [0.1, 0.15) is 20.8 Å². The molecule has 0 bridgehead atoms. The Morgan fingerprint density at radius 3 is 2.76 bits per heavy atom. The number of nitrogens with one attached hydrogen (secondary N) is 1. The molecule has 1 amide bonds. The predicted octanol–water partition coefficient (Wildman–Crippen LogP) is 2.38. The lowest BCUT2D eigenvalue weighted by Crippen LogP contribution is -2.28. The van der Waals surface area contributed by atoms with Gasteiger partial charge in [0.2, 0.25) is 17.7 Å². The van der Waals surface area contributed by atoms with Crippen molar-refractivity contribution < 1.29 is 9.90 Å². The van der Waals surface area contributed by atoms with Gasteiger partial charge in [-0.3, -0.25) is 10.1 Å². The first-order chi connectivity index (χ1) is 7.88. The maximum Gasteiger partial charge on any atom is 0.234 e. The van der Waals surface area contributed by atoms with Gasteiger partial charge in [-0.2, -0.15) is 4.98 Å². The molecule has 0 aromatic carbocycles. The molecular weight excluding hydrogens is 238 g/mol. The lowest BCUT2D eigenvalue weighted by atomic mass is 9.96. The van der Waals surface area contributed by atoms with E-state index >= 15 is 0 Å². The van der Waals surface area contributed by atoms with E-state index < -0.39 is 5.41 Å². The average molecular weight is 251 g/mol. The summed E-state index contributed by atoms with van der Waals surface area (Å²) in [5.41, 5.74) is -0.524. The zero-order valence-electron chi connectivity index (χ0n) is 9.81. The van der Waals surface area contributed by atoms with Crippen LogP contribution in [0.2, 0.25) is 0 Å². The minimum atomic E-state index is -0.524. The highest BCUT2D eigenvalue weighted by atomic mass is 32.1. The number of hydrogen-bond donors (Lipinski definition) is 2. The zero-order valence-corrected chi connectivity index (χ0v) is 10.6. The molecule has 0 unspecified atom stereocenters. The van der Waals surface area contributed by atoms with Gasteiger partial charge in [-0.1, -0.05) is 20.8 Å². The molecule has 0 saturated heterocycles. The normalized spacial score (nSPS) is 11.7. The number of thiophene rings is 1. The molecule has 6 heteroatoms. The van der Waals surface area contributed by atoms with Gasteiger partial charge in [-0.25, -0.2) is 4.98 Å². The third-order valence-electron chi connectivity index (χ3n) is 2.21. The fourth-order valence-electron chi connectivity index (χ4n) is 1.18. The summed E-state index contributed by atoms with van der Waals surface area (Å²) in [6.07, 6.45) is 0. The SMILES string of the molecule is CC(C)(C)C(=O)Nc1nc(O)c2ccsc2n1. The van der Waals surface area contributed by atoms with Crippen LogP contribution in [0.4, 0.5) is 5.95 Å². The van der Waals surface area contributed by atoms with E-state index in [4.69, 9.17) is 0 Å². The summed E-state index contributed by atoms with van der Waals surface area (Å²) in [5, 5.41) is 14.7. The Morgan fingerprint density at radius 1 is 1.41 bits per heavy atom. The first kappa shape index (κ1) is 11.8. The summed E-state index contributed by atoms with van der Waals surface area (Å²) < 4.78 is 0. The molecule has 2 N–H and O–H groups in total. The van der Waals surface area contributed by atoms with Crippen molar-refractivity contribution in [3.05, 3.63) is 11.4 Å². The number of rotatable bonds is 1. The Balaban J connectivity index is 2.34. The third kappa shape index (κ3) is 2.36. The fourth-order valence-corrected chi connectivity index (χ4v) is 1.94. The summed E-state index contributed by atoms with van der Waals surface area (Å²) in [5.74, 6) is -0.161. The van der Waals surface area contributed by atoms with Crippen LogP contribution >= 0.6 is 11.3 Å². The predicted molar refractivity (Wildman–Crippen MR) is 67.2 cm³/mol. The number of carbonyl (C=O) groups excluding carboxylic acids is 1. The summed E-state index contributed by atoms with van der Waals surface area (Å²) in [7, 11) is 0. The van der Waals surface area contributed by atoms with Gasteiger partial charge in [0.15, 0.2) is 0 Å². The number of fused-ring (bicyclic) bond motifs is 1. The lowest BCUT2D eigenvalue weighted by Gasteiger charge is -2.16. The second kappa shape index (κ2) is 3.96. The summed E-state index contributed by atoms with van der Waals surface area (Å²) in [4.78, 5) is 20.4. The highest BCUT2D eigenvalue weighted by Crippen LogP contribution is 2.27. The van der Waals surface area contributed by atoms with Gasteiger partial charge in [-0.05, 0) is 11.4 Å². The van der Waals surface area contributed by atoms with E-state index in [-0.39, 0.29) is 17.7 Å². The van der Waals surface area contributed by atoms with Gasteiger partial charge >= 0.3 is 0 Å². The van der Waals surface area contributed by atoms with E-state index in [0.29, 0.717) is 10.2 Å². The molecule has 0 aliphatic heterocycles. The van der Waals surface area contributed by atoms with Gasteiger partial charge in [0.25, 0.3) is 0 Å². The van der Waals surface area contributed by atoms with Crippen molar-refractivity contribution in [1.29, 1.82) is 0 Å². The van der Waals surface area contributed by atoms with Gasteiger partial charge in [0.1, 0.15) is 4.83 Å². The van der Waals surface area contributed by atoms with E-state index in [1.54, 1.807) is 26.8 Å². The zero-order chi connectivity index (χ0) is 12.6. The Kier molecular flexibility index (Phi) is 2.74. The van der Waals surface area contributed by atoms with E-state index in [1.807, 2.05) is 5.38 Å². The average Bonchev–Trinajstić information content (AvgIpc) is 2.64. The number of amides is 1. The lowest BCUT2D eigenvalue weighted by molar-refractivity contribution is -0.123. The monoisotopic (exact) mass is 251 g/mol. The van der Waals surface area contributed by atoms with Gasteiger partial charge in [0.05, 0.1) is 5.39 Å². The van der Waals surface area contributed by atoms with Crippen molar-refractivity contribution in [2.75, 3.05) is 5.32 Å². The Morgan fingerprint density at radius 2 is 2.12 bits per heavy atom. The molecule has 5 nitrogen and oxygen atoms in total. The van der Waals surface area contributed by atoms with Crippen LogP contribution in [0.5, 0.6) is 5.88 Å².